The molecule has 0 aliphatic carbocycles. The van der Waals surface area contributed by atoms with Gasteiger partial charge < -0.3 is 20.1 Å². The topological polar surface area (TPSA) is 95.9 Å². The molecule has 0 radical (unpaired) electrons. The molecule has 43 heavy (non-hydrogen) atoms. The van der Waals surface area contributed by atoms with E-state index in [0.29, 0.717) is 25.8 Å². The van der Waals surface area contributed by atoms with Crippen LogP contribution in [0.25, 0.3) is 0 Å². The molecule has 2 N–H and O–H groups in total. The molecule has 0 aliphatic rings. The Bertz CT molecular complexity index is 1300. The number of carbonyl (C=O) groups is 3. The van der Waals surface area contributed by atoms with Gasteiger partial charge >= 0.3 is 5.97 Å². The molecule has 0 heterocycles. The molecule has 0 saturated heterocycles. The number of rotatable bonds is 18. The van der Waals surface area contributed by atoms with Crippen molar-refractivity contribution in [2.24, 2.45) is 11.8 Å². The van der Waals surface area contributed by atoms with Gasteiger partial charge in [0.1, 0.15) is 6.10 Å². The fourth-order valence-electron chi connectivity index (χ4n) is 4.87. The molecule has 0 aliphatic heterocycles. The van der Waals surface area contributed by atoms with Crippen molar-refractivity contribution < 1.29 is 24.2 Å². The van der Waals surface area contributed by atoms with Gasteiger partial charge in [0.05, 0.1) is 25.0 Å². The molecule has 0 saturated carbocycles. The summed E-state index contributed by atoms with van der Waals surface area (Å²) in [6.07, 6.45) is 3.83. The molecule has 3 rings (SSSR count). The summed E-state index contributed by atoms with van der Waals surface area (Å²) in [5, 5.41) is 12.5. The van der Waals surface area contributed by atoms with Crippen molar-refractivity contribution in [3.8, 4) is 0 Å². The maximum absolute atomic E-state index is 13.4. The molecule has 0 fully saturated rings. The number of hydrogen-bond acceptors (Lipinski definition) is 5. The van der Waals surface area contributed by atoms with Crippen molar-refractivity contribution >= 4 is 17.8 Å². The van der Waals surface area contributed by atoms with E-state index in [-0.39, 0.29) is 43.9 Å². The smallest absolute Gasteiger partial charge is 0.310 e. The third-order valence-electron chi connectivity index (χ3n) is 7.18. The largest absolute Gasteiger partial charge is 0.455 e. The van der Waals surface area contributed by atoms with Gasteiger partial charge in [-0.15, -0.1) is 13.2 Å². The van der Waals surface area contributed by atoms with Gasteiger partial charge in [-0.2, -0.15) is 0 Å². The molecule has 0 aromatic heterocycles. The Morgan fingerprint density at radius 1 is 0.814 bits per heavy atom. The highest BCUT2D eigenvalue weighted by Gasteiger charge is 2.27. The van der Waals surface area contributed by atoms with E-state index in [1.54, 1.807) is 17.1 Å². The third-order valence-corrected chi connectivity index (χ3v) is 7.18. The molecule has 226 valence electrons. The minimum absolute atomic E-state index is 0.0427. The zero-order valence-corrected chi connectivity index (χ0v) is 24.6. The molecule has 0 bridgehead atoms. The average Bonchev–Trinajstić information content (AvgIpc) is 3.03. The van der Waals surface area contributed by atoms with Crippen molar-refractivity contribution in [1.29, 1.82) is 0 Å². The molecule has 3 atom stereocenters. The average molecular weight is 583 g/mol. The summed E-state index contributed by atoms with van der Waals surface area (Å²) in [7, 11) is 0. The first kappa shape index (κ1) is 33.0. The lowest BCUT2D eigenvalue weighted by Gasteiger charge is -2.25. The Labute approximate surface area is 254 Å². The zero-order valence-electron chi connectivity index (χ0n) is 24.6. The molecule has 7 nitrogen and oxygen atoms in total. The number of hydrogen-bond donors (Lipinski definition) is 2. The van der Waals surface area contributed by atoms with Crippen LogP contribution in [-0.4, -0.2) is 47.5 Å². The Balaban J connectivity index is 1.69. The van der Waals surface area contributed by atoms with Crippen LogP contribution in [0, 0.1) is 11.8 Å². The summed E-state index contributed by atoms with van der Waals surface area (Å²) in [4.78, 5) is 41.5. The van der Waals surface area contributed by atoms with Gasteiger partial charge in [0.15, 0.2) is 0 Å². The molecular formula is C36H42N2O5. The van der Waals surface area contributed by atoms with Crippen LogP contribution in [0.3, 0.4) is 0 Å². The first-order chi connectivity index (χ1) is 20.9. The van der Waals surface area contributed by atoms with E-state index < -0.39 is 17.9 Å². The Kier molecular flexibility index (Phi) is 13.9. The monoisotopic (exact) mass is 582 g/mol. The molecule has 0 unspecified atom stereocenters. The zero-order chi connectivity index (χ0) is 30.9. The van der Waals surface area contributed by atoms with E-state index in [1.807, 2.05) is 91.0 Å². The van der Waals surface area contributed by atoms with E-state index in [0.717, 1.165) is 16.7 Å². The van der Waals surface area contributed by atoms with Gasteiger partial charge in [0, 0.05) is 19.5 Å². The van der Waals surface area contributed by atoms with Gasteiger partial charge in [-0.25, -0.2) is 0 Å². The van der Waals surface area contributed by atoms with Crippen molar-refractivity contribution in [1.82, 2.24) is 10.2 Å². The Morgan fingerprint density at radius 2 is 1.37 bits per heavy atom. The fourth-order valence-corrected chi connectivity index (χ4v) is 4.87. The normalized spacial score (nSPS) is 12.8. The van der Waals surface area contributed by atoms with Crippen LogP contribution in [0.15, 0.2) is 116 Å². The highest BCUT2D eigenvalue weighted by atomic mass is 16.5. The maximum atomic E-state index is 13.4. The van der Waals surface area contributed by atoms with Crippen molar-refractivity contribution in [3.63, 3.8) is 0 Å². The highest BCUT2D eigenvalue weighted by molar-refractivity contribution is 5.86. The Hall–Kier alpha value is -4.49. The number of aliphatic hydroxyl groups is 1. The maximum Gasteiger partial charge on any atom is 0.310 e. The fraction of sp³-hybridized carbons (Fsp3) is 0.306. The number of amides is 2. The molecule has 7 heteroatoms. The summed E-state index contributed by atoms with van der Waals surface area (Å²) in [5.41, 5.74) is 2.71. The molecule has 2 amide bonds. The van der Waals surface area contributed by atoms with E-state index in [1.165, 1.54) is 0 Å². The molecule has 3 aromatic carbocycles. The number of aliphatic hydroxyl groups excluding tert-OH is 1. The first-order valence-electron chi connectivity index (χ1n) is 14.7. The lowest BCUT2D eigenvalue weighted by Crippen LogP contribution is -2.39. The summed E-state index contributed by atoms with van der Waals surface area (Å²) in [6, 6.07) is 28.5. The number of nitrogens with one attached hydrogen (secondary N) is 1. The lowest BCUT2D eigenvalue weighted by molar-refractivity contribution is -0.154. The summed E-state index contributed by atoms with van der Waals surface area (Å²) in [6.45, 7) is 7.95. The van der Waals surface area contributed by atoms with Crippen LogP contribution < -0.4 is 5.32 Å². The second kappa shape index (κ2) is 18.1. The number of allylic oxidation sites excluding steroid dienone is 2. The summed E-state index contributed by atoms with van der Waals surface area (Å²) in [5.74, 6) is -2.03. The third kappa shape index (κ3) is 11.0. The molecule has 3 aromatic rings. The van der Waals surface area contributed by atoms with Crippen molar-refractivity contribution in [3.05, 3.63) is 133 Å². The standard InChI is InChI=1S/C36H42N2O5/c1-3-14-31(25-34(40)38(22-23-39)27-29-18-10-6-11-19-29)35(41)37-26-33(30-20-12-7-13-21-30)43-36(42)32(15-4-2)24-28-16-8-5-9-17-28/h3-13,16-21,31-33,39H,1-2,14-15,22-27H2,(H,37,41)/t31-,32+,33+/m0/s1. The molecule has 0 spiro atoms. The Morgan fingerprint density at radius 3 is 1.95 bits per heavy atom. The number of nitrogens with zero attached hydrogens (tertiary/aromatic N) is 1. The number of esters is 1. The van der Waals surface area contributed by atoms with Gasteiger partial charge in [-0.05, 0) is 36.0 Å². The minimum atomic E-state index is -0.718. The number of carbonyl (C=O) groups excluding carboxylic acids is 3. The summed E-state index contributed by atoms with van der Waals surface area (Å²) >= 11 is 0. The number of ether oxygens (including phenoxy) is 1. The van der Waals surface area contributed by atoms with Crippen LogP contribution in [0.4, 0.5) is 0 Å². The van der Waals surface area contributed by atoms with Crippen LogP contribution in [0.1, 0.15) is 42.1 Å². The minimum Gasteiger partial charge on any atom is -0.455 e. The SMILES string of the molecule is C=CC[C@@H](CC(=O)N(CCO)Cc1ccccc1)C(=O)NC[C@@H](OC(=O)[C@H](CC=C)Cc1ccccc1)c1ccccc1. The highest BCUT2D eigenvalue weighted by Crippen LogP contribution is 2.23. The second-order valence-electron chi connectivity index (χ2n) is 10.4. The lowest BCUT2D eigenvalue weighted by atomic mass is 9.96. The van der Waals surface area contributed by atoms with Gasteiger partial charge in [-0.3, -0.25) is 14.4 Å². The molecular weight excluding hydrogens is 540 g/mol. The van der Waals surface area contributed by atoms with Crippen molar-refractivity contribution in [2.75, 3.05) is 19.7 Å². The number of benzene rings is 3. The van der Waals surface area contributed by atoms with Gasteiger partial charge in [0.25, 0.3) is 0 Å². The van der Waals surface area contributed by atoms with Gasteiger partial charge in [0.2, 0.25) is 11.8 Å². The van der Waals surface area contributed by atoms with E-state index in [4.69, 9.17) is 4.74 Å². The quantitative estimate of drug-likeness (QED) is 0.154. The van der Waals surface area contributed by atoms with E-state index >= 15 is 0 Å². The van der Waals surface area contributed by atoms with Crippen LogP contribution in [0.2, 0.25) is 0 Å². The predicted molar refractivity (Wildman–Crippen MR) is 169 cm³/mol. The first-order valence-corrected chi connectivity index (χ1v) is 14.7. The second-order valence-corrected chi connectivity index (χ2v) is 10.4. The van der Waals surface area contributed by atoms with Crippen LogP contribution in [0.5, 0.6) is 0 Å². The van der Waals surface area contributed by atoms with E-state index in [2.05, 4.69) is 18.5 Å². The van der Waals surface area contributed by atoms with E-state index in [9.17, 15) is 19.5 Å². The van der Waals surface area contributed by atoms with Crippen LogP contribution >= 0.6 is 0 Å². The predicted octanol–water partition coefficient (Wildman–Crippen LogP) is 5.43. The van der Waals surface area contributed by atoms with Crippen molar-refractivity contribution in [2.45, 2.75) is 38.3 Å². The summed E-state index contributed by atoms with van der Waals surface area (Å²) < 4.78 is 6.01. The van der Waals surface area contributed by atoms with Crippen LogP contribution in [-0.2, 0) is 32.1 Å². The van der Waals surface area contributed by atoms with Gasteiger partial charge in [-0.1, -0.05) is 103 Å².